The Bertz CT molecular complexity index is 812. The third-order valence-corrected chi connectivity index (χ3v) is 5.93. The molecule has 132 valence electrons. The topological polar surface area (TPSA) is 54.3 Å². The van der Waals surface area contributed by atoms with Crippen LogP contribution in [0.5, 0.6) is 0 Å². The SMILES string of the molecule is CCCNCCNC(=O)c1oc2ccccc2c1CSc1cccs1. The van der Waals surface area contributed by atoms with Gasteiger partial charge in [-0.3, -0.25) is 4.79 Å². The summed E-state index contributed by atoms with van der Waals surface area (Å²) in [6.07, 6.45) is 1.08. The van der Waals surface area contributed by atoms with E-state index in [1.165, 1.54) is 4.21 Å². The van der Waals surface area contributed by atoms with Gasteiger partial charge >= 0.3 is 0 Å². The number of thioether (sulfide) groups is 1. The van der Waals surface area contributed by atoms with Crippen molar-refractivity contribution in [2.45, 2.75) is 23.3 Å². The third-order valence-electron chi connectivity index (χ3n) is 3.77. The van der Waals surface area contributed by atoms with Crippen LogP contribution >= 0.6 is 23.1 Å². The molecular weight excluding hydrogens is 352 g/mol. The lowest BCUT2D eigenvalue weighted by Crippen LogP contribution is -2.32. The number of furan rings is 1. The van der Waals surface area contributed by atoms with E-state index in [9.17, 15) is 4.79 Å². The Labute approximate surface area is 156 Å². The van der Waals surface area contributed by atoms with Crippen LogP contribution in [-0.4, -0.2) is 25.5 Å². The number of fused-ring (bicyclic) bond motifs is 1. The first kappa shape index (κ1) is 18.0. The molecule has 2 heterocycles. The summed E-state index contributed by atoms with van der Waals surface area (Å²) in [5, 5.41) is 9.31. The number of hydrogen-bond donors (Lipinski definition) is 2. The maximum atomic E-state index is 12.6. The van der Waals surface area contributed by atoms with Crippen LogP contribution in [0.4, 0.5) is 0 Å². The van der Waals surface area contributed by atoms with Gasteiger partial charge < -0.3 is 15.1 Å². The summed E-state index contributed by atoms with van der Waals surface area (Å²) in [7, 11) is 0. The predicted octanol–water partition coefficient (Wildman–Crippen LogP) is 4.52. The second-order valence-corrected chi connectivity index (χ2v) is 7.86. The molecule has 1 amide bonds. The number of thiophene rings is 1. The zero-order valence-electron chi connectivity index (χ0n) is 14.2. The summed E-state index contributed by atoms with van der Waals surface area (Å²) in [5.41, 5.74) is 1.73. The first-order chi connectivity index (χ1) is 12.3. The summed E-state index contributed by atoms with van der Waals surface area (Å²) >= 11 is 3.44. The Morgan fingerprint density at radius 2 is 2.04 bits per heavy atom. The molecule has 0 saturated carbocycles. The molecule has 2 N–H and O–H groups in total. The van der Waals surface area contributed by atoms with E-state index >= 15 is 0 Å². The molecule has 6 heteroatoms. The van der Waals surface area contributed by atoms with Gasteiger partial charge in [-0.1, -0.05) is 31.2 Å². The number of hydrogen-bond acceptors (Lipinski definition) is 5. The van der Waals surface area contributed by atoms with Gasteiger partial charge in [-0.05, 0) is 30.5 Å². The number of carbonyl (C=O) groups excluding carboxylic acids is 1. The zero-order chi connectivity index (χ0) is 17.5. The molecule has 25 heavy (non-hydrogen) atoms. The summed E-state index contributed by atoms with van der Waals surface area (Å²) in [6, 6.07) is 12.0. The van der Waals surface area contributed by atoms with Gasteiger partial charge in [0, 0.05) is 29.8 Å². The molecule has 0 fully saturated rings. The Morgan fingerprint density at radius 1 is 1.16 bits per heavy atom. The fourth-order valence-electron chi connectivity index (χ4n) is 2.56. The Kier molecular flexibility index (Phi) is 6.55. The average molecular weight is 375 g/mol. The van der Waals surface area contributed by atoms with Crippen molar-refractivity contribution in [2.75, 3.05) is 19.6 Å². The monoisotopic (exact) mass is 374 g/mol. The standard InChI is InChI=1S/C19H22N2O2S2/c1-2-9-20-10-11-21-19(22)18-15(13-25-17-8-5-12-24-17)14-6-3-4-7-16(14)23-18/h3-8,12,20H,2,9-11,13H2,1H3,(H,21,22). The van der Waals surface area contributed by atoms with E-state index in [1.54, 1.807) is 23.1 Å². The first-order valence-corrected chi connectivity index (χ1v) is 10.3. The number of amides is 1. The summed E-state index contributed by atoms with van der Waals surface area (Å²) in [6.45, 7) is 4.44. The van der Waals surface area contributed by atoms with Crippen LogP contribution in [-0.2, 0) is 5.75 Å². The highest BCUT2D eigenvalue weighted by atomic mass is 32.2. The number of benzene rings is 1. The molecular formula is C19H22N2O2S2. The fourth-order valence-corrected chi connectivity index (χ4v) is 4.37. The molecule has 0 aliphatic heterocycles. The van der Waals surface area contributed by atoms with Crippen molar-refractivity contribution < 1.29 is 9.21 Å². The molecule has 4 nitrogen and oxygen atoms in total. The maximum absolute atomic E-state index is 12.6. The van der Waals surface area contributed by atoms with E-state index in [0.29, 0.717) is 18.1 Å². The molecule has 0 saturated heterocycles. The molecule has 0 radical (unpaired) electrons. The van der Waals surface area contributed by atoms with Gasteiger partial charge in [0.15, 0.2) is 5.76 Å². The van der Waals surface area contributed by atoms with E-state index in [1.807, 2.05) is 30.3 Å². The van der Waals surface area contributed by atoms with Crippen LogP contribution < -0.4 is 10.6 Å². The lowest BCUT2D eigenvalue weighted by molar-refractivity contribution is 0.0927. The molecule has 3 aromatic rings. The summed E-state index contributed by atoms with van der Waals surface area (Å²) in [5.74, 6) is 1.01. The quantitative estimate of drug-likeness (QED) is 0.427. The van der Waals surface area contributed by atoms with Gasteiger partial charge in [0.25, 0.3) is 5.91 Å². The van der Waals surface area contributed by atoms with Crippen LogP contribution in [0.1, 0.15) is 29.5 Å². The van der Waals surface area contributed by atoms with Gasteiger partial charge in [-0.2, -0.15) is 0 Å². The van der Waals surface area contributed by atoms with E-state index in [0.717, 1.165) is 36.0 Å². The Morgan fingerprint density at radius 3 is 2.84 bits per heavy atom. The van der Waals surface area contributed by atoms with E-state index < -0.39 is 0 Å². The average Bonchev–Trinajstić information content (AvgIpc) is 3.27. The van der Waals surface area contributed by atoms with Crippen molar-refractivity contribution in [2.24, 2.45) is 0 Å². The highest BCUT2D eigenvalue weighted by Gasteiger charge is 2.20. The normalized spacial score (nSPS) is 11.1. The first-order valence-electron chi connectivity index (χ1n) is 8.45. The second-order valence-electron chi connectivity index (χ2n) is 5.63. The van der Waals surface area contributed by atoms with Crippen molar-refractivity contribution in [3.05, 3.63) is 53.1 Å². The van der Waals surface area contributed by atoms with Gasteiger partial charge in [0.05, 0.1) is 4.21 Å². The van der Waals surface area contributed by atoms with Crippen LogP contribution in [0.2, 0.25) is 0 Å². The van der Waals surface area contributed by atoms with Crippen LogP contribution in [0.3, 0.4) is 0 Å². The Hall–Kier alpha value is -1.76. The van der Waals surface area contributed by atoms with Crippen molar-refractivity contribution in [3.8, 4) is 0 Å². The van der Waals surface area contributed by atoms with Crippen molar-refractivity contribution in [1.82, 2.24) is 10.6 Å². The fraction of sp³-hybridized carbons (Fsp3) is 0.316. The number of para-hydroxylation sites is 1. The molecule has 0 unspecified atom stereocenters. The lowest BCUT2D eigenvalue weighted by Gasteiger charge is -2.06. The summed E-state index contributed by atoms with van der Waals surface area (Å²) in [4.78, 5) is 12.6. The number of carbonyl (C=O) groups is 1. The largest absolute Gasteiger partial charge is 0.451 e. The minimum Gasteiger partial charge on any atom is -0.451 e. The van der Waals surface area contributed by atoms with E-state index in [-0.39, 0.29) is 5.91 Å². The highest BCUT2D eigenvalue weighted by Crippen LogP contribution is 2.33. The maximum Gasteiger partial charge on any atom is 0.287 e. The van der Waals surface area contributed by atoms with Gasteiger partial charge in [0.2, 0.25) is 0 Å². The second kappa shape index (κ2) is 9.08. The third kappa shape index (κ3) is 4.66. The van der Waals surface area contributed by atoms with Crippen molar-refractivity contribution >= 4 is 40.0 Å². The number of rotatable bonds is 9. The van der Waals surface area contributed by atoms with Gasteiger partial charge in [-0.15, -0.1) is 23.1 Å². The van der Waals surface area contributed by atoms with Gasteiger partial charge in [0.1, 0.15) is 5.58 Å². The van der Waals surface area contributed by atoms with Crippen molar-refractivity contribution in [3.63, 3.8) is 0 Å². The minimum absolute atomic E-state index is 0.142. The minimum atomic E-state index is -0.142. The molecule has 3 rings (SSSR count). The van der Waals surface area contributed by atoms with Gasteiger partial charge in [-0.25, -0.2) is 0 Å². The van der Waals surface area contributed by atoms with Crippen LogP contribution in [0.15, 0.2) is 50.4 Å². The highest BCUT2D eigenvalue weighted by molar-refractivity contribution is 8.00. The van der Waals surface area contributed by atoms with Crippen LogP contribution in [0, 0.1) is 0 Å². The smallest absolute Gasteiger partial charge is 0.287 e. The summed E-state index contributed by atoms with van der Waals surface area (Å²) < 4.78 is 7.10. The Balaban J connectivity index is 1.74. The molecule has 0 aliphatic rings. The molecule has 2 aromatic heterocycles. The molecule has 0 aliphatic carbocycles. The number of nitrogens with one attached hydrogen (secondary N) is 2. The predicted molar refractivity (Wildman–Crippen MR) is 106 cm³/mol. The molecule has 0 spiro atoms. The molecule has 1 aromatic carbocycles. The molecule has 0 atom stereocenters. The van der Waals surface area contributed by atoms with Crippen LogP contribution in [0.25, 0.3) is 11.0 Å². The van der Waals surface area contributed by atoms with Crippen molar-refractivity contribution in [1.29, 1.82) is 0 Å². The van der Waals surface area contributed by atoms with E-state index in [2.05, 4.69) is 29.0 Å². The van der Waals surface area contributed by atoms with E-state index in [4.69, 9.17) is 4.42 Å². The zero-order valence-corrected chi connectivity index (χ0v) is 15.8. The lowest BCUT2D eigenvalue weighted by atomic mass is 10.1. The molecule has 0 bridgehead atoms.